The Labute approximate surface area is 104 Å². The zero-order valence-corrected chi connectivity index (χ0v) is 10.6. The maximum Gasteiger partial charge on any atom is 0.321 e. The van der Waals surface area contributed by atoms with Crippen LogP contribution in [-0.2, 0) is 17.0 Å². The van der Waals surface area contributed by atoms with Crippen LogP contribution in [0.5, 0.6) is 0 Å². The van der Waals surface area contributed by atoms with E-state index in [0.29, 0.717) is 23.2 Å². The van der Waals surface area contributed by atoms with Crippen molar-refractivity contribution in [3.05, 3.63) is 11.7 Å². The third-order valence-electron chi connectivity index (χ3n) is 2.10. The molecule has 3 N–H and O–H groups in total. The van der Waals surface area contributed by atoms with Gasteiger partial charge in [0.1, 0.15) is 6.04 Å². The molecule has 1 aromatic rings. The zero-order valence-electron chi connectivity index (χ0n) is 9.76. The van der Waals surface area contributed by atoms with Crippen LogP contribution in [0.15, 0.2) is 4.52 Å². The quantitative estimate of drug-likeness (QED) is 0.719. The molecule has 0 aliphatic carbocycles. The number of thioether (sulfide) groups is 1. The highest BCUT2D eigenvalue weighted by molar-refractivity contribution is 7.98. The van der Waals surface area contributed by atoms with E-state index in [2.05, 4.69) is 17.1 Å². The molecule has 0 aromatic carbocycles. The molecule has 0 amide bonds. The van der Waals surface area contributed by atoms with Gasteiger partial charge < -0.3 is 15.4 Å². The summed E-state index contributed by atoms with van der Waals surface area (Å²) in [4.78, 5) is 14.7. The highest BCUT2D eigenvalue weighted by Gasteiger charge is 2.12. The molecule has 0 unspecified atom stereocenters. The number of nitrogens with two attached hydrogens (primary N) is 1. The van der Waals surface area contributed by atoms with Crippen LogP contribution in [-0.4, -0.2) is 33.0 Å². The van der Waals surface area contributed by atoms with Crippen LogP contribution in [0.4, 0.5) is 0 Å². The van der Waals surface area contributed by atoms with Gasteiger partial charge >= 0.3 is 5.97 Å². The van der Waals surface area contributed by atoms with Crippen LogP contribution in [0.1, 0.15) is 31.5 Å². The second-order valence-electron chi connectivity index (χ2n) is 3.67. The number of carboxylic acid groups (broad SMARTS) is 1. The van der Waals surface area contributed by atoms with Crippen molar-refractivity contribution in [3.8, 4) is 0 Å². The van der Waals surface area contributed by atoms with Crippen LogP contribution in [0.2, 0.25) is 0 Å². The highest BCUT2D eigenvalue weighted by atomic mass is 32.2. The molecular formula is C10H17N3O3S. The van der Waals surface area contributed by atoms with E-state index in [-0.39, 0.29) is 0 Å². The number of nitrogens with zero attached hydrogens (tertiary/aromatic N) is 2. The van der Waals surface area contributed by atoms with Gasteiger partial charge in [-0.05, 0) is 6.42 Å². The average molecular weight is 259 g/mol. The van der Waals surface area contributed by atoms with Crippen LogP contribution < -0.4 is 5.73 Å². The van der Waals surface area contributed by atoms with Gasteiger partial charge in [0.25, 0.3) is 0 Å². The minimum atomic E-state index is -0.994. The lowest BCUT2D eigenvalue weighted by atomic mass is 10.2. The first kappa shape index (κ1) is 14.0. The minimum Gasteiger partial charge on any atom is -0.480 e. The van der Waals surface area contributed by atoms with Gasteiger partial charge in [0.15, 0.2) is 5.82 Å². The van der Waals surface area contributed by atoms with Crippen molar-refractivity contribution < 1.29 is 14.4 Å². The van der Waals surface area contributed by atoms with Gasteiger partial charge in [0.05, 0.1) is 5.75 Å². The minimum absolute atomic E-state index is 0.335. The summed E-state index contributed by atoms with van der Waals surface area (Å²) >= 11 is 1.38. The van der Waals surface area contributed by atoms with Crippen molar-refractivity contribution in [2.75, 3.05) is 5.75 Å². The lowest BCUT2D eigenvalue weighted by Gasteiger charge is -2.03. The monoisotopic (exact) mass is 259 g/mol. The second-order valence-corrected chi connectivity index (χ2v) is 4.70. The SMILES string of the molecule is CCCCc1noc(CSC[C@@H](N)C(=O)O)n1. The first-order valence-corrected chi connectivity index (χ1v) is 6.66. The summed E-state index contributed by atoms with van der Waals surface area (Å²) in [5, 5.41) is 12.4. The summed E-state index contributed by atoms with van der Waals surface area (Å²) < 4.78 is 5.03. The number of hydrogen-bond donors (Lipinski definition) is 2. The van der Waals surface area contributed by atoms with E-state index >= 15 is 0 Å². The third kappa shape index (κ3) is 5.18. The number of carboxylic acids is 1. The zero-order chi connectivity index (χ0) is 12.7. The van der Waals surface area contributed by atoms with Gasteiger partial charge in [0, 0.05) is 12.2 Å². The molecule has 6 nitrogen and oxygen atoms in total. The maximum atomic E-state index is 10.5. The second kappa shape index (κ2) is 7.29. The van der Waals surface area contributed by atoms with Gasteiger partial charge in [-0.3, -0.25) is 4.79 Å². The molecule has 1 rings (SSSR count). The molecule has 1 atom stereocenters. The van der Waals surface area contributed by atoms with Crippen LogP contribution in [0.25, 0.3) is 0 Å². The van der Waals surface area contributed by atoms with Crippen molar-refractivity contribution in [3.63, 3.8) is 0 Å². The molecule has 0 bridgehead atoms. The fourth-order valence-electron chi connectivity index (χ4n) is 1.13. The van der Waals surface area contributed by atoms with Crippen LogP contribution >= 0.6 is 11.8 Å². The molecule has 0 aliphatic heterocycles. The Morgan fingerprint density at radius 2 is 2.41 bits per heavy atom. The van der Waals surface area contributed by atoms with E-state index < -0.39 is 12.0 Å². The number of carbonyl (C=O) groups is 1. The lowest BCUT2D eigenvalue weighted by Crippen LogP contribution is -2.32. The third-order valence-corrected chi connectivity index (χ3v) is 3.15. The first-order chi connectivity index (χ1) is 8.13. The standard InChI is InChI=1S/C10H17N3O3S/c1-2-3-4-8-12-9(16-13-8)6-17-5-7(11)10(14)15/h7H,2-6,11H2,1H3,(H,14,15)/t7-/m1/s1. The highest BCUT2D eigenvalue weighted by Crippen LogP contribution is 2.12. The van der Waals surface area contributed by atoms with E-state index in [1.165, 1.54) is 11.8 Å². The Morgan fingerprint density at radius 1 is 1.65 bits per heavy atom. The molecule has 0 saturated carbocycles. The van der Waals surface area contributed by atoms with Crippen molar-refractivity contribution in [1.82, 2.24) is 10.1 Å². The lowest BCUT2D eigenvalue weighted by molar-refractivity contribution is -0.137. The molecular weight excluding hydrogens is 242 g/mol. The molecule has 7 heteroatoms. The van der Waals surface area contributed by atoms with Crippen molar-refractivity contribution in [2.45, 2.75) is 38.0 Å². The van der Waals surface area contributed by atoms with Gasteiger partial charge in [-0.1, -0.05) is 18.5 Å². The Kier molecular flexibility index (Phi) is 5.99. The molecule has 0 saturated heterocycles. The predicted molar refractivity (Wildman–Crippen MR) is 64.7 cm³/mol. The summed E-state index contributed by atoms with van der Waals surface area (Å²) in [6, 6.07) is -0.845. The Hall–Kier alpha value is -1.08. The smallest absolute Gasteiger partial charge is 0.321 e. The Balaban J connectivity index is 2.27. The molecule has 96 valence electrons. The van der Waals surface area contributed by atoms with E-state index in [4.69, 9.17) is 15.4 Å². The van der Waals surface area contributed by atoms with Crippen molar-refractivity contribution >= 4 is 17.7 Å². The predicted octanol–water partition coefficient (Wildman–Crippen LogP) is 1.06. The largest absolute Gasteiger partial charge is 0.480 e. The van der Waals surface area contributed by atoms with E-state index in [9.17, 15) is 4.79 Å². The van der Waals surface area contributed by atoms with Crippen molar-refractivity contribution in [1.29, 1.82) is 0 Å². The van der Waals surface area contributed by atoms with Crippen LogP contribution in [0.3, 0.4) is 0 Å². The van der Waals surface area contributed by atoms with E-state index in [1.807, 2.05) is 0 Å². The van der Waals surface area contributed by atoms with Crippen LogP contribution in [0, 0.1) is 0 Å². The molecule has 1 heterocycles. The van der Waals surface area contributed by atoms with Gasteiger partial charge in [0.2, 0.25) is 5.89 Å². The normalized spacial score (nSPS) is 12.6. The summed E-state index contributed by atoms with van der Waals surface area (Å²) in [6.07, 6.45) is 2.95. The Morgan fingerprint density at radius 3 is 3.06 bits per heavy atom. The van der Waals surface area contributed by atoms with Crippen molar-refractivity contribution in [2.24, 2.45) is 5.73 Å². The number of aromatic nitrogens is 2. The molecule has 17 heavy (non-hydrogen) atoms. The Bertz CT molecular complexity index is 356. The number of unbranched alkanes of at least 4 members (excludes halogenated alkanes) is 1. The number of rotatable bonds is 8. The fraction of sp³-hybridized carbons (Fsp3) is 0.700. The average Bonchev–Trinajstić information content (AvgIpc) is 2.74. The molecule has 0 aliphatic rings. The summed E-state index contributed by atoms with van der Waals surface area (Å²) in [6.45, 7) is 2.10. The van der Waals surface area contributed by atoms with E-state index in [0.717, 1.165) is 19.3 Å². The van der Waals surface area contributed by atoms with Gasteiger partial charge in [-0.25, -0.2) is 0 Å². The summed E-state index contributed by atoms with van der Waals surface area (Å²) in [5.74, 6) is 1.08. The number of hydrogen-bond acceptors (Lipinski definition) is 6. The topological polar surface area (TPSA) is 102 Å². The molecule has 1 aromatic heterocycles. The van der Waals surface area contributed by atoms with Gasteiger partial charge in [-0.2, -0.15) is 4.98 Å². The maximum absolute atomic E-state index is 10.5. The number of aryl methyl sites for hydroxylation is 1. The summed E-state index contributed by atoms with van der Waals surface area (Å²) in [5.41, 5.74) is 5.36. The number of aliphatic carboxylic acids is 1. The van der Waals surface area contributed by atoms with Gasteiger partial charge in [-0.15, -0.1) is 11.8 Å². The fourth-order valence-corrected chi connectivity index (χ4v) is 1.94. The molecule has 0 radical (unpaired) electrons. The molecule has 0 fully saturated rings. The first-order valence-electron chi connectivity index (χ1n) is 5.51. The molecule has 0 spiro atoms. The summed E-state index contributed by atoms with van der Waals surface area (Å²) in [7, 11) is 0. The van der Waals surface area contributed by atoms with E-state index in [1.54, 1.807) is 0 Å².